The molecule has 0 amide bonds. The Morgan fingerprint density at radius 2 is 1.78 bits per heavy atom. The first kappa shape index (κ1) is 13.6. The van der Waals surface area contributed by atoms with Gasteiger partial charge in [-0.3, -0.25) is 0 Å². The Hall–Kier alpha value is -0.820. The predicted molar refractivity (Wildman–Crippen MR) is 78.9 cm³/mol. The maximum Gasteiger partial charge on any atom is 0.00682 e. The maximum atomic E-state index is 3.60. The SMILES string of the molecule is CCc1ccc(CCC(C)CCNC2CC2)cc1. The van der Waals surface area contributed by atoms with E-state index in [4.69, 9.17) is 0 Å². The molecule has 0 bridgehead atoms. The molecule has 1 nitrogen and oxygen atoms in total. The zero-order chi connectivity index (χ0) is 12.8. The van der Waals surface area contributed by atoms with Crippen molar-refractivity contribution < 1.29 is 0 Å². The Morgan fingerprint density at radius 3 is 2.39 bits per heavy atom. The second kappa shape index (κ2) is 6.94. The Bertz CT molecular complexity index is 337. The molecule has 1 aromatic carbocycles. The molecule has 1 N–H and O–H groups in total. The summed E-state index contributed by atoms with van der Waals surface area (Å²) in [5.74, 6) is 0.835. The van der Waals surface area contributed by atoms with Gasteiger partial charge in [0.1, 0.15) is 0 Å². The summed E-state index contributed by atoms with van der Waals surface area (Å²) in [5.41, 5.74) is 2.94. The Morgan fingerprint density at radius 1 is 1.11 bits per heavy atom. The van der Waals surface area contributed by atoms with Gasteiger partial charge in [0, 0.05) is 6.04 Å². The lowest BCUT2D eigenvalue weighted by molar-refractivity contribution is 0.469. The number of hydrogen-bond donors (Lipinski definition) is 1. The second-order valence-corrected chi connectivity index (χ2v) is 5.83. The normalized spacial score (nSPS) is 16.8. The van der Waals surface area contributed by atoms with Gasteiger partial charge in [-0.15, -0.1) is 0 Å². The standard InChI is InChI=1S/C17H27N/c1-3-15-6-8-16(9-7-15)5-4-14(2)12-13-18-17-10-11-17/h6-9,14,17-18H,3-5,10-13H2,1-2H3. The van der Waals surface area contributed by atoms with Gasteiger partial charge in [0.15, 0.2) is 0 Å². The van der Waals surface area contributed by atoms with Gasteiger partial charge < -0.3 is 5.32 Å². The van der Waals surface area contributed by atoms with Crippen LogP contribution in [0.2, 0.25) is 0 Å². The first-order valence-electron chi connectivity index (χ1n) is 7.59. The molecule has 1 aliphatic rings. The first-order valence-corrected chi connectivity index (χ1v) is 7.59. The first-order chi connectivity index (χ1) is 8.78. The summed E-state index contributed by atoms with van der Waals surface area (Å²) in [6.45, 7) is 5.81. The molecule has 0 saturated heterocycles. The van der Waals surface area contributed by atoms with Crippen LogP contribution in [0.3, 0.4) is 0 Å². The molecule has 0 heterocycles. The van der Waals surface area contributed by atoms with E-state index in [9.17, 15) is 0 Å². The van der Waals surface area contributed by atoms with Crippen molar-refractivity contribution in [2.24, 2.45) is 5.92 Å². The van der Waals surface area contributed by atoms with Crippen molar-refractivity contribution in [1.82, 2.24) is 5.32 Å². The van der Waals surface area contributed by atoms with Crippen LogP contribution in [0, 0.1) is 5.92 Å². The molecule has 0 aliphatic heterocycles. The summed E-state index contributed by atoms with van der Waals surface area (Å²) in [6, 6.07) is 10.0. The molecule has 1 fully saturated rings. The Kier molecular flexibility index (Phi) is 5.25. The van der Waals surface area contributed by atoms with Crippen molar-refractivity contribution in [2.75, 3.05) is 6.54 Å². The highest BCUT2D eigenvalue weighted by molar-refractivity contribution is 5.22. The van der Waals surface area contributed by atoms with Gasteiger partial charge >= 0.3 is 0 Å². The summed E-state index contributed by atoms with van der Waals surface area (Å²) in [6.07, 6.45) is 7.82. The summed E-state index contributed by atoms with van der Waals surface area (Å²) in [5, 5.41) is 3.60. The van der Waals surface area contributed by atoms with Crippen LogP contribution < -0.4 is 5.32 Å². The molecule has 0 radical (unpaired) electrons. The third-order valence-electron chi connectivity index (χ3n) is 4.00. The van der Waals surface area contributed by atoms with Crippen molar-refractivity contribution in [3.05, 3.63) is 35.4 Å². The summed E-state index contributed by atoms with van der Waals surface area (Å²) < 4.78 is 0. The summed E-state index contributed by atoms with van der Waals surface area (Å²) in [7, 11) is 0. The average molecular weight is 245 g/mol. The van der Waals surface area contributed by atoms with Gasteiger partial charge in [0.2, 0.25) is 0 Å². The zero-order valence-electron chi connectivity index (χ0n) is 11.9. The van der Waals surface area contributed by atoms with E-state index in [1.165, 1.54) is 49.8 Å². The molecule has 2 rings (SSSR count). The lowest BCUT2D eigenvalue weighted by Crippen LogP contribution is -2.19. The van der Waals surface area contributed by atoms with Crippen molar-refractivity contribution in [2.45, 2.75) is 58.4 Å². The minimum absolute atomic E-state index is 0.835. The number of hydrogen-bond acceptors (Lipinski definition) is 1. The van der Waals surface area contributed by atoms with Crippen molar-refractivity contribution in [1.29, 1.82) is 0 Å². The Labute approximate surface area is 112 Å². The van der Waals surface area contributed by atoms with Crippen molar-refractivity contribution in [3.63, 3.8) is 0 Å². The largest absolute Gasteiger partial charge is 0.314 e. The minimum atomic E-state index is 0.835. The van der Waals surface area contributed by atoms with Crippen LogP contribution in [-0.4, -0.2) is 12.6 Å². The second-order valence-electron chi connectivity index (χ2n) is 5.83. The van der Waals surface area contributed by atoms with Crippen LogP contribution in [0.15, 0.2) is 24.3 Å². The average Bonchev–Trinajstić information content (AvgIpc) is 3.21. The van der Waals surface area contributed by atoms with E-state index >= 15 is 0 Å². The van der Waals surface area contributed by atoms with Crippen LogP contribution in [0.25, 0.3) is 0 Å². The van der Waals surface area contributed by atoms with Crippen molar-refractivity contribution in [3.8, 4) is 0 Å². The number of aryl methyl sites for hydroxylation is 2. The number of nitrogens with one attached hydrogen (secondary N) is 1. The fraction of sp³-hybridized carbons (Fsp3) is 0.647. The number of benzene rings is 1. The van der Waals surface area contributed by atoms with E-state index < -0.39 is 0 Å². The molecule has 1 heteroatoms. The molecule has 1 aromatic rings. The molecule has 0 spiro atoms. The molecule has 1 saturated carbocycles. The van der Waals surface area contributed by atoms with Gasteiger partial charge in [-0.2, -0.15) is 0 Å². The van der Waals surface area contributed by atoms with Crippen LogP contribution in [-0.2, 0) is 12.8 Å². The summed E-state index contributed by atoms with van der Waals surface area (Å²) >= 11 is 0. The molecule has 100 valence electrons. The number of rotatable bonds is 8. The summed E-state index contributed by atoms with van der Waals surface area (Å²) in [4.78, 5) is 0. The van der Waals surface area contributed by atoms with Gasteiger partial charge in [-0.25, -0.2) is 0 Å². The fourth-order valence-corrected chi connectivity index (χ4v) is 2.32. The van der Waals surface area contributed by atoms with Crippen LogP contribution in [0.5, 0.6) is 0 Å². The molecule has 1 aliphatic carbocycles. The van der Waals surface area contributed by atoms with E-state index in [0.717, 1.165) is 18.4 Å². The van der Waals surface area contributed by atoms with Gasteiger partial charge in [0.25, 0.3) is 0 Å². The topological polar surface area (TPSA) is 12.0 Å². The Balaban J connectivity index is 1.62. The highest BCUT2D eigenvalue weighted by Crippen LogP contribution is 2.19. The smallest absolute Gasteiger partial charge is 0.00682 e. The van der Waals surface area contributed by atoms with E-state index in [-0.39, 0.29) is 0 Å². The predicted octanol–water partition coefficient (Wildman–Crippen LogP) is 3.96. The third kappa shape index (κ3) is 4.81. The molecule has 0 aromatic heterocycles. The van der Waals surface area contributed by atoms with Gasteiger partial charge in [-0.1, -0.05) is 38.1 Å². The lowest BCUT2D eigenvalue weighted by atomic mass is 9.97. The van der Waals surface area contributed by atoms with Crippen LogP contribution in [0.4, 0.5) is 0 Å². The van der Waals surface area contributed by atoms with Gasteiger partial charge in [-0.05, 0) is 62.1 Å². The van der Waals surface area contributed by atoms with Crippen molar-refractivity contribution >= 4 is 0 Å². The zero-order valence-corrected chi connectivity index (χ0v) is 11.9. The quantitative estimate of drug-likeness (QED) is 0.731. The third-order valence-corrected chi connectivity index (χ3v) is 4.00. The van der Waals surface area contributed by atoms with Gasteiger partial charge in [0.05, 0.1) is 0 Å². The van der Waals surface area contributed by atoms with Crippen LogP contribution >= 0.6 is 0 Å². The molecule has 1 unspecified atom stereocenters. The van der Waals surface area contributed by atoms with E-state index in [1.807, 2.05) is 0 Å². The highest BCUT2D eigenvalue weighted by Gasteiger charge is 2.19. The van der Waals surface area contributed by atoms with E-state index in [0.29, 0.717) is 0 Å². The molecule has 1 atom stereocenters. The van der Waals surface area contributed by atoms with Crippen LogP contribution in [0.1, 0.15) is 50.7 Å². The van der Waals surface area contributed by atoms with E-state index in [2.05, 4.69) is 43.4 Å². The maximum absolute atomic E-state index is 3.60. The molecule has 18 heavy (non-hydrogen) atoms. The highest BCUT2D eigenvalue weighted by atomic mass is 14.9. The molecular formula is C17H27N. The molecular weight excluding hydrogens is 218 g/mol. The lowest BCUT2D eigenvalue weighted by Gasteiger charge is -2.12. The fourth-order valence-electron chi connectivity index (χ4n) is 2.32. The van der Waals surface area contributed by atoms with E-state index in [1.54, 1.807) is 0 Å². The monoisotopic (exact) mass is 245 g/mol. The minimum Gasteiger partial charge on any atom is -0.314 e.